The van der Waals surface area contributed by atoms with Gasteiger partial charge >= 0.3 is 0 Å². The van der Waals surface area contributed by atoms with E-state index < -0.39 is 0 Å². The molecule has 0 aliphatic carbocycles. The lowest BCUT2D eigenvalue weighted by Gasteiger charge is -2.28. The molecule has 0 bridgehead atoms. The molecule has 0 aliphatic heterocycles. The Morgan fingerprint density at radius 1 is 0.815 bits per heavy atom. The average molecular weight is 434 g/mol. The van der Waals surface area contributed by atoms with E-state index in [0.717, 1.165) is 41.1 Å². The maximum atomic E-state index is 5.82. The van der Waals surface area contributed by atoms with E-state index in [1.807, 2.05) is 36.4 Å². The minimum Gasteiger partial charge on any atom is -1.00 e. The molecule has 2 rings (SSSR count). The summed E-state index contributed by atoms with van der Waals surface area (Å²) in [5.41, 5.74) is 3.01. The first-order valence-electron chi connectivity index (χ1n) is 9.58. The van der Waals surface area contributed by atoms with Gasteiger partial charge in [0, 0.05) is 0 Å². The zero-order chi connectivity index (χ0) is 18.8. The van der Waals surface area contributed by atoms with Gasteiger partial charge in [0.05, 0.1) is 45.2 Å². The minimum atomic E-state index is 0. The van der Waals surface area contributed by atoms with Gasteiger partial charge in [0.15, 0.2) is 0 Å². The van der Waals surface area contributed by atoms with Crippen LogP contribution in [0.25, 0.3) is 0 Å². The second-order valence-electron chi connectivity index (χ2n) is 7.25. The van der Waals surface area contributed by atoms with Crippen molar-refractivity contribution in [2.24, 2.45) is 10.2 Å². The Hall–Kier alpha value is -1.72. The number of ether oxygens (including phenoxy) is 1. The number of quaternary nitrogens is 1. The van der Waals surface area contributed by atoms with Crippen molar-refractivity contribution in [1.29, 1.82) is 0 Å². The lowest BCUT2D eigenvalue weighted by atomic mass is 10.2. The molecule has 0 spiro atoms. The second kappa shape index (κ2) is 11.9. The van der Waals surface area contributed by atoms with Crippen LogP contribution in [0.2, 0.25) is 0 Å². The van der Waals surface area contributed by atoms with Gasteiger partial charge < -0.3 is 26.2 Å². The highest BCUT2D eigenvalue weighted by atomic mass is 79.9. The standard InChI is InChI=1S/C22H32N3O.BrH/c1-5-19-9-11-20(12-10-19)23-24-21-13-15-22(16-14-21)26-18-8-7-17-25(3,4)6-2;/h9-16H,5-8,17-18H2,1-4H3;1H/q+1;/p-1. The zero-order valence-corrected chi connectivity index (χ0v) is 18.6. The first kappa shape index (κ1) is 23.3. The van der Waals surface area contributed by atoms with Crippen molar-refractivity contribution < 1.29 is 26.2 Å². The van der Waals surface area contributed by atoms with E-state index in [2.05, 4.69) is 50.3 Å². The molecule has 0 heterocycles. The van der Waals surface area contributed by atoms with Gasteiger partial charge in [0.2, 0.25) is 0 Å². The fourth-order valence-electron chi connectivity index (χ4n) is 2.51. The third-order valence-electron chi connectivity index (χ3n) is 4.74. The van der Waals surface area contributed by atoms with Gasteiger partial charge in [0.25, 0.3) is 0 Å². The molecule has 2 aromatic rings. The third kappa shape index (κ3) is 8.67. The zero-order valence-electron chi connectivity index (χ0n) is 17.0. The molecule has 0 radical (unpaired) electrons. The maximum Gasteiger partial charge on any atom is 0.119 e. The number of azo groups is 1. The van der Waals surface area contributed by atoms with Crippen LogP contribution < -0.4 is 21.7 Å². The Kier molecular flexibility index (Phi) is 10.3. The normalized spacial score (nSPS) is 11.4. The molecule has 2 aromatic carbocycles. The van der Waals surface area contributed by atoms with E-state index in [0.29, 0.717) is 0 Å². The van der Waals surface area contributed by atoms with Gasteiger partial charge in [-0.2, -0.15) is 10.2 Å². The highest BCUT2D eigenvalue weighted by Gasteiger charge is 2.10. The summed E-state index contributed by atoms with van der Waals surface area (Å²) < 4.78 is 6.89. The Morgan fingerprint density at radius 2 is 1.37 bits per heavy atom. The van der Waals surface area contributed by atoms with Crippen LogP contribution in [0.3, 0.4) is 0 Å². The molecule has 0 aliphatic rings. The Morgan fingerprint density at radius 3 is 1.89 bits per heavy atom. The van der Waals surface area contributed by atoms with E-state index in [9.17, 15) is 0 Å². The molecule has 0 saturated carbocycles. The number of halogens is 1. The molecular weight excluding hydrogens is 402 g/mol. The van der Waals surface area contributed by atoms with Crippen LogP contribution in [0.1, 0.15) is 32.3 Å². The lowest BCUT2D eigenvalue weighted by Crippen LogP contribution is -3.00. The third-order valence-corrected chi connectivity index (χ3v) is 4.74. The maximum absolute atomic E-state index is 5.82. The van der Waals surface area contributed by atoms with Crippen molar-refractivity contribution in [2.45, 2.75) is 33.1 Å². The summed E-state index contributed by atoms with van der Waals surface area (Å²) in [5, 5.41) is 8.57. The molecule has 0 fully saturated rings. The summed E-state index contributed by atoms with van der Waals surface area (Å²) in [6, 6.07) is 16.0. The summed E-state index contributed by atoms with van der Waals surface area (Å²) in [6.45, 7) is 7.49. The lowest BCUT2D eigenvalue weighted by molar-refractivity contribution is -0.888. The number of rotatable bonds is 10. The number of hydrogen-bond donors (Lipinski definition) is 0. The summed E-state index contributed by atoms with van der Waals surface area (Å²) in [4.78, 5) is 0. The van der Waals surface area contributed by atoms with Crippen LogP contribution in [-0.2, 0) is 6.42 Å². The van der Waals surface area contributed by atoms with Crippen LogP contribution in [0.5, 0.6) is 5.75 Å². The molecule has 0 unspecified atom stereocenters. The summed E-state index contributed by atoms with van der Waals surface area (Å²) in [5.74, 6) is 0.889. The van der Waals surface area contributed by atoms with Crippen LogP contribution in [0.15, 0.2) is 58.8 Å². The summed E-state index contributed by atoms with van der Waals surface area (Å²) >= 11 is 0. The molecule has 0 atom stereocenters. The molecular formula is C22H32BrN3O. The SMILES string of the molecule is CCc1ccc(N=Nc2ccc(OCCCC[N+](C)(C)CC)cc2)cc1.[Br-]. The number of unbranched alkanes of at least 4 members (excludes halogenated alkanes) is 1. The van der Waals surface area contributed by atoms with Crippen LogP contribution in [0, 0.1) is 0 Å². The van der Waals surface area contributed by atoms with Crippen molar-refractivity contribution in [3.8, 4) is 5.75 Å². The van der Waals surface area contributed by atoms with Crippen molar-refractivity contribution in [3.05, 3.63) is 54.1 Å². The highest BCUT2D eigenvalue weighted by molar-refractivity contribution is 5.43. The van der Waals surface area contributed by atoms with Gasteiger partial charge in [-0.1, -0.05) is 19.1 Å². The Labute approximate surface area is 174 Å². The molecule has 148 valence electrons. The van der Waals surface area contributed by atoms with Crippen molar-refractivity contribution in [2.75, 3.05) is 33.8 Å². The molecule has 0 N–H and O–H groups in total. The van der Waals surface area contributed by atoms with Crippen LogP contribution >= 0.6 is 0 Å². The van der Waals surface area contributed by atoms with E-state index in [-0.39, 0.29) is 17.0 Å². The minimum absolute atomic E-state index is 0. The Balaban J connectivity index is 0.00000364. The average Bonchev–Trinajstić information content (AvgIpc) is 2.67. The van der Waals surface area contributed by atoms with Gasteiger partial charge in [-0.05, 0) is 68.1 Å². The molecule has 0 saturated heterocycles. The number of benzene rings is 2. The smallest absolute Gasteiger partial charge is 0.119 e. The monoisotopic (exact) mass is 433 g/mol. The Bertz CT molecular complexity index is 682. The molecule has 0 aromatic heterocycles. The highest BCUT2D eigenvalue weighted by Crippen LogP contribution is 2.22. The predicted octanol–water partition coefficient (Wildman–Crippen LogP) is 2.92. The molecule has 5 heteroatoms. The van der Waals surface area contributed by atoms with Crippen molar-refractivity contribution >= 4 is 11.4 Å². The van der Waals surface area contributed by atoms with Crippen molar-refractivity contribution in [3.63, 3.8) is 0 Å². The topological polar surface area (TPSA) is 34.0 Å². The van der Waals surface area contributed by atoms with E-state index in [1.165, 1.54) is 25.1 Å². The first-order chi connectivity index (χ1) is 12.5. The largest absolute Gasteiger partial charge is 1.00 e. The fraction of sp³-hybridized carbons (Fsp3) is 0.455. The van der Waals surface area contributed by atoms with E-state index in [4.69, 9.17) is 4.74 Å². The summed E-state index contributed by atoms with van der Waals surface area (Å²) in [7, 11) is 4.54. The fourth-order valence-corrected chi connectivity index (χ4v) is 2.51. The van der Waals surface area contributed by atoms with Crippen LogP contribution in [-0.4, -0.2) is 38.3 Å². The summed E-state index contributed by atoms with van der Waals surface area (Å²) in [6.07, 6.45) is 3.30. The number of nitrogens with zero attached hydrogens (tertiary/aromatic N) is 3. The molecule has 0 amide bonds. The van der Waals surface area contributed by atoms with Crippen molar-refractivity contribution in [1.82, 2.24) is 0 Å². The number of aryl methyl sites for hydroxylation is 1. The molecule has 4 nitrogen and oxygen atoms in total. The van der Waals surface area contributed by atoms with E-state index >= 15 is 0 Å². The van der Waals surface area contributed by atoms with Gasteiger partial charge in [0.1, 0.15) is 5.75 Å². The predicted molar refractivity (Wildman–Crippen MR) is 109 cm³/mol. The van der Waals surface area contributed by atoms with Gasteiger partial charge in [-0.3, -0.25) is 0 Å². The van der Waals surface area contributed by atoms with Crippen LogP contribution in [0.4, 0.5) is 11.4 Å². The first-order valence-corrected chi connectivity index (χ1v) is 9.58. The number of hydrogen-bond acceptors (Lipinski definition) is 3. The quantitative estimate of drug-likeness (QED) is 0.322. The van der Waals surface area contributed by atoms with Gasteiger partial charge in [-0.25, -0.2) is 0 Å². The van der Waals surface area contributed by atoms with Gasteiger partial charge in [-0.15, -0.1) is 0 Å². The molecule has 27 heavy (non-hydrogen) atoms. The van der Waals surface area contributed by atoms with E-state index in [1.54, 1.807) is 0 Å². The second-order valence-corrected chi connectivity index (χ2v) is 7.25.